The molecule has 1 N–H and O–H groups in total. The van der Waals surface area contributed by atoms with Crippen molar-refractivity contribution < 1.29 is 9.53 Å². The predicted molar refractivity (Wildman–Crippen MR) is 110 cm³/mol. The molecule has 2 fully saturated rings. The van der Waals surface area contributed by atoms with Crippen LogP contribution in [0.4, 0.5) is 10.6 Å². The molecule has 1 atom stereocenters. The van der Waals surface area contributed by atoms with E-state index in [1.807, 2.05) is 39.0 Å². The fraction of sp³-hybridized carbons (Fsp3) is 0.500. The second-order valence-electron chi connectivity index (χ2n) is 8.93. The number of aromatic nitrogens is 2. The van der Waals surface area contributed by atoms with E-state index in [0.29, 0.717) is 24.6 Å². The highest BCUT2D eigenvalue weighted by molar-refractivity contribution is 5.68. The largest absolute Gasteiger partial charge is 0.444 e. The number of nitrogens with one attached hydrogen (secondary N) is 1. The summed E-state index contributed by atoms with van der Waals surface area (Å²) in [5.41, 5.74) is 2.51. The Bertz CT molecular complexity index is 933. The van der Waals surface area contributed by atoms with Gasteiger partial charge in [-0.1, -0.05) is 12.1 Å². The minimum Gasteiger partial charge on any atom is -0.444 e. The van der Waals surface area contributed by atoms with Gasteiger partial charge in [-0.05, 0) is 44.9 Å². The zero-order valence-corrected chi connectivity index (χ0v) is 17.2. The SMILES string of the molecule is CC(C)(C)OC(=O)N1CCC(c2cc(N3CC(c4cccc(C#N)c4)C3)n[nH]2)C1. The molecule has 1 aromatic carbocycles. The lowest BCUT2D eigenvalue weighted by atomic mass is 9.90. The molecular formula is C22H27N5O2. The molecule has 2 aromatic rings. The predicted octanol–water partition coefficient (Wildman–Crippen LogP) is 3.61. The normalized spacial score (nSPS) is 19.7. The summed E-state index contributed by atoms with van der Waals surface area (Å²) in [4.78, 5) is 16.3. The molecule has 0 bridgehead atoms. The Hall–Kier alpha value is -3.01. The zero-order valence-electron chi connectivity index (χ0n) is 17.2. The first-order valence-corrected chi connectivity index (χ1v) is 10.1. The van der Waals surface area contributed by atoms with Crippen LogP contribution in [0.2, 0.25) is 0 Å². The van der Waals surface area contributed by atoms with Crippen molar-refractivity contribution in [1.82, 2.24) is 15.1 Å². The van der Waals surface area contributed by atoms with Gasteiger partial charge in [-0.3, -0.25) is 5.10 Å². The number of anilines is 1. The molecule has 7 heteroatoms. The number of ether oxygens (including phenoxy) is 1. The van der Waals surface area contributed by atoms with Gasteiger partial charge in [0.05, 0.1) is 11.6 Å². The number of rotatable bonds is 3. The summed E-state index contributed by atoms with van der Waals surface area (Å²) >= 11 is 0. The van der Waals surface area contributed by atoms with E-state index in [4.69, 9.17) is 10.00 Å². The molecule has 7 nitrogen and oxygen atoms in total. The molecule has 0 aliphatic carbocycles. The Morgan fingerprint density at radius 2 is 2.03 bits per heavy atom. The monoisotopic (exact) mass is 393 g/mol. The van der Waals surface area contributed by atoms with E-state index in [2.05, 4.69) is 33.3 Å². The van der Waals surface area contributed by atoms with Crippen molar-refractivity contribution in [1.29, 1.82) is 5.26 Å². The number of carbonyl (C=O) groups is 1. The lowest BCUT2D eigenvalue weighted by molar-refractivity contribution is 0.0292. The average Bonchev–Trinajstić information content (AvgIpc) is 3.29. The van der Waals surface area contributed by atoms with E-state index >= 15 is 0 Å². The second-order valence-corrected chi connectivity index (χ2v) is 8.93. The minimum atomic E-state index is -0.475. The van der Waals surface area contributed by atoms with Crippen molar-refractivity contribution in [2.24, 2.45) is 0 Å². The van der Waals surface area contributed by atoms with Crippen LogP contribution in [-0.4, -0.2) is 53.0 Å². The molecule has 0 spiro atoms. The summed E-state index contributed by atoms with van der Waals surface area (Å²) in [6.07, 6.45) is 0.662. The molecule has 0 radical (unpaired) electrons. The molecule has 3 heterocycles. The highest BCUT2D eigenvalue weighted by Crippen LogP contribution is 2.34. The maximum atomic E-state index is 12.3. The molecule has 2 aliphatic rings. The first-order valence-electron chi connectivity index (χ1n) is 10.1. The van der Waals surface area contributed by atoms with E-state index in [-0.39, 0.29) is 12.0 Å². The van der Waals surface area contributed by atoms with Crippen LogP contribution in [0.1, 0.15) is 55.8 Å². The Balaban J connectivity index is 1.33. The fourth-order valence-electron chi connectivity index (χ4n) is 3.94. The van der Waals surface area contributed by atoms with Gasteiger partial charge < -0.3 is 14.5 Å². The number of amides is 1. The Morgan fingerprint density at radius 1 is 1.24 bits per heavy atom. The lowest BCUT2D eigenvalue weighted by Crippen LogP contribution is -2.45. The van der Waals surface area contributed by atoms with Gasteiger partial charge in [-0.25, -0.2) is 4.79 Å². The number of hydrogen-bond acceptors (Lipinski definition) is 5. The summed E-state index contributed by atoms with van der Waals surface area (Å²) < 4.78 is 5.48. The molecule has 2 saturated heterocycles. The van der Waals surface area contributed by atoms with Gasteiger partial charge in [0.15, 0.2) is 5.82 Å². The van der Waals surface area contributed by atoms with Gasteiger partial charge in [-0.2, -0.15) is 10.4 Å². The summed E-state index contributed by atoms with van der Waals surface area (Å²) in [5, 5.41) is 16.7. The number of carbonyl (C=O) groups excluding carboxylic acids is 1. The number of hydrogen-bond donors (Lipinski definition) is 1. The van der Waals surface area contributed by atoms with Crippen molar-refractivity contribution >= 4 is 11.9 Å². The van der Waals surface area contributed by atoms with Crippen molar-refractivity contribution in [3.8, 4) is 6.07 Å². The molecular weight excluding hydrogens is 366 g/mol. The molecule has 2 aliphatic heterocycles. The fourth-order valence-corrected chi connectivity index (χ4v) is 3.94. The molecule has 152 valence electrons. The van der Waals surface area contributed by atoms with E-state index in [0.717, 1.165) is 31.0 Å². The van der Waals surface area contributed by atoms with E-state index < -0.39 is 5.60 Å². The minimum absolute atomic E-state index is 0.245. The van der Waals surface area contributed by atoms with Crippen molar-refractivity contribution in [3.05, 3.63) is 47.2 Å². The maximum Gasteiger partial charge on any atom is 0.410 e. The molecule has 1 aromatic heterocycles. The highest BCUT2D eigenvalue weighted by Gasteiger charge is 2.33. The van der Waals surface area contributed by atoms with Gasteiger partial charge in [0.25, 0.3) is 0 Å². The molecule has 4 rings (SSSR count). The van der Waals surface area contributed by atoms with Crippen LogP contribution in [0.25, 0.3) is 0 Å². The Morgan fingerprint density at radius 3 is 2.76 bits per heavy atom. The summed E-state index contributed by atoms with van der Waals surface area (Å²) in [5.74, 6) is 1.63. The number of likely N-dealkylation sites (tertiary alicyclic amines) is 1. The van der Waals surface area contributed by atoms with Gasteiger partial charge in [0.2, 0.25) is 0 Å². The Kier molecular flexibility index (Phi) is 4.95. The van der Waals surface area contributed by atoms with Crippen LogP contribution >= 0.6 is 0 Å². The van der Waals surface area contributed by atoms with Crippen LogP contribution < -0.4 is 4.90 Å². The molecule has 1 unspecified atom stereocenters. The van der Waals surface area contributed by atoms with Gasteiger partial charge in [0, 0.05) is 49.8 Å². The average molecular weight is 393 g/mol. The number of benzene rings is 1. The van der Waals surface area contributed by atoms with Crippen LogP contribution in [-0.2, 0) is 4.74 Å². The first-order chi connectivity index (χ1) is 13.8. The summed E-state index contributed by atoms with van der Waals surface area (Å²) in [6, 6.07) is 12.1. The number of aromatic amines is 1. The smallest absolute Gasteiger partial charge is 0.410 e. The van der Waals surface area contributed by atoms with E-state index in [1.165, 1.54) is 5.56 Å². The number of nitriles is 1. The van der Waals surface area contributed by atoms with Gasteiger partial charge in [-0.15, -0.1) is 0 Å². The number of H-pyrrole nitrogens is 1. The number of nitrogens with zero attached hydrogens (tertiary/aromatic N) is 4. The summed E-state index contributed by atoms with van der Waals surface area (Å²) in [6.45, 7) is 8.81. The second kappa shape index (κ2) is 7.43. The topological polar surface area (TPSA) is 85.2 Å². The molecule has 0 saturated carbocycles. The standard InChI is InChI=1S/C22H27N5O2/c1-22(2,3)29-21(28)26-8-7-17(12-26)19-10-20(25-24-19)27-13-18(14-27)16-6-4-5-15(9-16)11-23/h4-6,9-10,17-18H,7-8,12-14H2,1-3H3,(H,24,25). The first kappa shape index (κ1) is 19.3. The van der Waals surface area contributed by atoms with Crippen LogP contribution in [0.5, 0.6) is 0 Å². The summed E-state index contributed by atoms with van der Waals surface area (Å²) in [7, 11) is 0. The Labute approximate surface area is 171 Å². The quantitative estimate of drug-likeness (QED) is 0.861. The lowest BCUT2D eigenvalue weighted by Gasteiger charge is -2.39. The van der Waals surface area contributed by atoms with Crippen LogP contribution in [0.3, 0.4) is 0 Å². The zero-order chi connectivity index (χ0) is 20.6. The third kappa shape index (κ3) is 4.21. The van der Waals surface area contributed by atoms with Crippen molar-refractivity contribution in [2.75, 3.05) is 31.1 Å². The van der Waals surface area contributed by atoms with Crippen molar-refractivity contribution in [3.63, 3.8) is 0 Å². The third-order valence-electron chi connectivity index (χ3n) is 5.56. The highest BCUT2D eigenvalue weighted by atomic mass is 16.6. The van der Waals surface area contributed by atoms with E-state index in [1.54, 1.807) is 4.90 Å². The van der Waals surface area contributed by atoms with Gasteiger partial charge >= 0.3 is 6.09 Å². The van der Waals surface area contributed by atoms with Gasteiger partial charge in [0.1, 0.15) is 5.60 Å². The van der Waals surface area contributed by atoms with Crippen LogP contribution in [0, 0.1) is 11.3 Å². The van der Waals surface area contributed by atoms with Crippen molar-refractivity contribution in [2.45, 2.75) is 44.6 Å². The molecule has 1 amide bonds. The third-order valence-corrected chi connectivity index (χ3v) is 5.56. The maximum absolute atomic E-state index is 12.3. The van der Waals surface area contributed by atoms with E-state index in [9.17, 15) is 4.79 Å². The molecule has 29 heavy (non-hydrogen) atoms. The van der Waals surface area contributed by atoms with Crippen LogP contribution in [0.15, 0.2) is 30.3 Å².